The summed E-state index contributed by atoms with van der Waals surface area (Å²) in [7, 11) is 1.75. The van der Waals surface area contributed by atoms with Gasteiger partial charge in [0.1, 0.15) is 5.60 Å². The summed E-state index contributed by atoms with van der Waals surface area (Å²) in [6, 6.07) is 0. The highest BCUT2D eigenvalue weighted by Gasteiger charge is 2.43. The Morgan fingerprint density at radius 1 is 1.25 bits per heavy atom. The maximum absolute atomic E-state index is 6.40. The fourth-order valence-electron chi connectivity index (χ4n) is 3.81. The first kappa shape index (κ1) is 14.0. The number of ether oxygens (including phenoxy) is 1. The van der Waals surface area contributed by atoms with Crippen LogP contribution in [0.25, 0.3) is 0 Å². The standard InChI is InChI=1S/C15H25N3O2/c1-11-6-5-9-15(10-11,19-2)12-17-13(20-18-12)14(16)7-3-4-8-14/h11H,3-10,16H2,1-2H3. The first-order chi connectivity index (χ1) is 9.58. The molecule has 0 aliphatic heterocycles. The third kappa shape index (κ3) is 2.27. The van der Waals surface area contributed by atoms with Crippen LogP contribution in [-0.2, 0) is 15.9 Å². The Balaban J connectivity index is 1.88. The average molecular weight is 279 g/mol. The quantitative estimate of drug-likeness (QED) is 0.921. The molecule has 1 aromatic rings. The largest absolute Gasteiger partial charge is 0.370 e. The molecule has 2 unspecified atom stereocenters. The van der Waals surface area contributed by atoms with Crippen molar-refractivity contribution in [2.24, 2.45) is 11.7 Å². The minimum atomic E-state index is -0.416. The Hall–Kier alpha value is -0.940. The van der Waals surface area contributed by atoms with Crippen LogP contribution in [0.2, 0.25) is 0 Å². The summed E-state index contributed by atoms with van der Waals surface area (Å²) < 4.78 is 11.3. The van der Waals surface area contributed by atoms with E-state index >= 15 is 0 Å². The molecule has 0 spiro atoms. The molecule has 2 aliphatic rings. The van der Waals surface area contributed by atoms with Gasteiger partial charge >= 0.3 is 0 Å². The van der Waals surface area contributed by atoms with E-state index in [1.54, 1.807) is 7.11 Å². The summed E-state index contributed by atoms with van der Waals surface area (Å²) in [5, 5.41) is 4.22. The molecule has 112 valence electrons. The second-order valence-electron chi connectivity index (χ2n) is 6.69. The zero-order chi connectivity index (χ0) is 14.2. The van der Waals surface area contributed by atoms with E-state index in [9.17, 15) is 0 Å². The Morgan fingerprint density at radius 3 is 2.65 bits per heavy atom. The zero-order valence-electron chi connectivity index (χ0n) is 12.5. The van der Waals surface area contributed by atoms with Gasteiger partial charge in [0.05, 0.1) is 5.54 Å². The molecular formula is C15H25N3O2. The molecule has 2 fully saturated rings. The van der Waals surface area contributed by atoms with E-state index in [4.69, 9.17) is 15.0 Å². The molecule has 0 radical (unpaired) electrons. The maximum Gasteiger partial charge on any atom is 0.246 e. The van der Waals surface area contributed by atoms with Crippen molar-refractivity contribution in [3.63, 3.8) is 0 Å². The van der Waals surface area contributed by atoms with Crippen molar-refractivity contribution in [2.45, 2.75) is 69.4 Å². The molecule has 3 rings (SSSR count). The van der Waals surface area contributed by atoms with Crippen LogP contribution in [0, 0.1) is 5.92 Å². The number of rotatable bonds is 3. The second-order valence-corrected chi connectivity index (χ2v) is 6.69. The third-order valence-electron chi connectivity index (χ3n) is 5.10. The van der Waals surface area contributed by atoms with Gasteiger partial charge in [-0.1, -0.05) is 31.3 Å². The minimum absolute atomic E-state index is 0.381. The predicted molar refractivity (Wildman–Crippen MR) is 75.0 cm³/mol. The summed E-state index contributed by atoms with van der Waals surface area (Å²) in [6.07, 6.45) is 8.46. The minimum Gasteiger partial charge on any atom is -0.370 e. The molecule has 20 heavy (non-hydrogen) atoms. The lowest BCUT2D eigenvalue weighted by Gasteiger charge is -2.36. The van der Waals surface area contributed by atoms with E-state index in [2.05, 4.69) is 17.1 Å². The van der Waals surface area contributed by atoms with Crippen molar-refractivity contribution < 1.29 is 9.26 Å². The number of aromatic nitrogens is 2. The molecule has 2 saturated carbocycles. The van der Waals surface area contributed by atoms with Gasteiger partial charge in [-0.3, -0.25) is 0 Å². The molecule has 5 nitrogen and oxygen atoms in total. The van der Waals surface area contributed by atoms with Crippen LogP contribution < -0.4 is 5.73 Å². The van der Waals surface area contributed by atoms with Gasteiger partial charge in [0.15, 0.2) is 0 Å². The van der Waals surface area contributed by atoms with E-state index in [1.165, 1.54) is 6.42 Å². The first-order valence-corrected chi connectivity index (χ1v) is 7.77. The van der Waals surface area contributed by atoms with Crippen LogP contribution in [0.3, 0.4) is 0 Å². The summed E-state index contributed by atoms with van der Waals surface area (Å²) in [5.41, 5.74) is 5.60. The topological polar surface area (TPSA) is 74.2 Å². The fourth-order valence-corrected chi connectivity index (χ4v) is 3.81. The van der Waals surface area contributed by atoms with Gasteiger partial charge < -0.3 is 15.0 Å². The molecule has 5 heteroatoms. The highest BCUT2D eigenvalue weighted by molar-refractivity contribution is 5.10. The van der Waals surface area contributed by atoms with Crippen molar-refractivity contribution in [1.29, 1.82) is 0 Å². The van der Waals surface area contributed by atoms with Crippen molar-refractivity contribution >= 4 is 0 Å². The summed E-state index contributed by atoms with van der Waals surface area (Å²) in [6.45, 7) is 2.26. The number of methoxy groups -OCH3 is 1. The van der Waals surface area contributed by atoms with E-state index in [0.717, 1.165) is 44.9 Å². The van der Waals surface area contributed by atoms with E-state index in [0.29, 0.717) is 17.6 Å². The van der Waals surface area contributed by atoms with Crippen LogP contribution >= 0.6 is 0 Å². The van der Waals surface area contributed by atoms with Crippen molar-refractivity contribution in [2.75, 3.05) is 7.11 Å². The SMILES string of the molecule is COC1(c2noc(C3(N)CCCC3)n2)CCCC(C)C1. The van der Waals surface area contributed by atoms with Gasteiger partial charge in [-0.05, 0) is 38.0 Å². The lowest BCUT2D eigenvalue weighted by Crippen LogP contribution is -2.36. The molecule has 0 aromatic carbocycles. The lowest BCUT2D eigenvalue weighted by molar-refractivity contribution is -0.0658. The maximum atomic E-state index is 6.40. The number of hydrogen-bond donors (Lipinski definition) is 1. The van der Waals surface area contributed by atoms with Gasteiger partial charge in [0.2, 0.25) is 11.7 Å². The third-order valence-corrected chi connectivity index (χ3v) is 5.10. The van der Waals surface area contributed by atoms with Crippen LogP contribution in [0.5, 0.6) is 0 Å². The summed E-state index contributed by atoms with van der Waals surface area (Å²) >= 11 is 0. The molecule has 2 aliphatic carbocycles. The van der Waals surface area contributed by atoms with E-state index < -0.39 is 5.54 Å². The molecule has 1 heterocycles. The molecule has 0 saturated heterocycles. The van der Waals surface area contributed by atoms with Crippen molar-refractivity contribution in [1.82, 2.24) is 10.1 Å². The van der Waals surface area contributed by atoms with Gasteiger partial charge in [0.25, 0.3) is 0 Å². The van der Waals surface area contributed by atoms with Crippen LogP contribution in [-0.4, -0.2) is 17.3 Å². The Bertz CT molecular complexity index is 467. The highest BCUT2D eigenvalue weighted by atomic mass is 16.5. The second kappa shape index (κ2) is 5.11. The highest BCUT2D eigenvalue weighted by Crippen LogP contribution is 2.42. The van der Waals surface area contributed by atoms with E-state index in [1.807, 2.05) is 0 Å². The number of nitrogens with two attached hydrogens (primary N) is 1. The molecule has 1 aromatic heterocycles. The Morgan fingerprint density at radius 2 is 2.00 bits per heavy atom. The lowest BCUT2D eigenvalue weighted by atomic mass is 9.78. The normalized spacial score (nSPS) is 33.5. The summed E-state index contributed by atoms with van der Waals surface area (Å²) in [4.78, 5) is 4.64. The smallest absolute Gasteiger partial charge is 0.246 e. The van der Waals surface area contributed by atoms with Crippen LogP contribution in [0.1, 0.15) is 70.0 Å². The molecule has 2 atom stereocenters. The molecule has 0 bridgehead atoms. The van der Waals surface area contributed by atoms with Crippen LogP contribution in [0.4, 0.5) is 0 Å². The van der Waals surface area contributed by atoms with Gasteiger partial charge in [0, 0.05) is 7.11 Å². The fraction of sp³-hybridized carbons (Fsp3) is 0.867. The van der Waals surface area contributed by atoms with Gasteiger partial charge in [-0.25, -0.2) is 0 Å². The van der Waals surface area contributed by atoms with Crippen molar-refractivity contribution in [3.05, 3.63) is 11.7 Å². The first-order valence-electron chi connectivity index (χ1n) is 7.77. The molecular weight excluding hydrogens is 254 g/mol. The van der Waals surface area contributed by atoms with E-state index in [-0.39, 0.29) is 5.60 Å². The van der Waals surface area contributed by atoms with Gasteiger partial charge in [-0.2, -0.15) is 4.98 Å². The van der Waals surface area contributed by atoms with Crippen molar-refractivity contribution in [3.8, 4) is 0 Å². The Labute approximate surface area is 120 Å². The predicted octanol–water partition coefficient (Wildman–Crippen LogP) is 2.85. The Kier molecular flexibility index (Phi) is 3.58. The number of hydrogen-bond acceptors (Lipinski definition) is 5. The molecule has 0 amide bonds. The monoisotopic (exact) mass is 279 g/mol. The zero-order valence-corrected chi connectivity index (χ0v) is 12.5. The number of nitrogens with zero attached hydrogens (tertiary/aromatic N) is 2. The van der Waals surface area contributed by atoms with Crippen LogP contribution in [0.15, 0.2) is 4.52 Å². The molecule has 2 N–H and O–H groups in total. The van der Waals surface area contributed by atoms with Gasteiger partial charge in [-0.15, -0.1) is 0 Å². The average Bonchev–Trinajstić information content (AvgIpc) is 3.08. The summed E-state index contributed by atoms with van der Waals surface area (Å²) in [5.74, 6) is 1.92.